The molecule has 0 unspecified atom stereocenters. The van der Waals surface area contributed by atoms with Gasteiger partial charge in [0.1, 0.15) is 0 Å². The van der Waals surface area contributed by atoms with Crippen molar-refractivity contribution in [2.24, 2.45) is 5.73 Å². The summed E-state index contributed by atoms with van der Waals surface area (Å²) in [7, 11) is 1.90. The first kappa shape index (κ1) is 16.7. The van der Waals surface area contributed by atoms with E-state index in [0.29, 0.717) is 32.7 Å². The highest BCUT2D eigenvalue weighted by molar-refractivity contribution is 7.16. The highest BCUT2D eigenvalue weighted by atomic mass is 32.1. The van der Waals surface area contributed by atoms with Gasteiger partial charge in [-0.05, 0) is 24.1 Å². The van der Waals surface area contributed by atoms with Crippen LogP contribution < -0.4 is 11.1 Å². The quantitative estimate of drug-likeness (QED) is 0.869. The number of nitrogens with one attached hydrogen (secondary N) is 1. The van der Waals surface area contributed by atoms with Crippen molar-refractivity contribution in [1.29, 1.82) is 0 Å². The van der Waals surface area contributed by atoms with Gasteiger partial charge in [-0.2, -0.15) is 0 Å². The summed E-state index contributed by atoms with van der Waals surface area (Å²) in [6, 6.07) is 5.73. The largest absolute Gasteiger partial charge is 0.449 e. The van der Waals surface area contributed by atoms with Crippen molar-refractivity contribution in [3.63, 3.8) is 0 Å². The topological polar surface area (TPSA) is 80.5 Å². The van der Waals surface area contributed by atoms with Crippen LogP contribution in [0.3, 0.4) is 0 Å². The molecule has 0 aliphatic carbocycles. The van der Waals surface area contributed by atoms with Gasteiger partial charge in [-0.3, -0.25) is 4.98 Å². The lowest BCUT2D eigenvalue weighted by Gasteiger charge is -2.26. The van der Waals surface area contributed by atoms with Crippen LogP contribution in [0.1, 0.15) is 21.7 Å². The van der Waals surface area contributed by atoms with E-state index in [4.69, 9.17) is 10.5 Å². The summed E-state index contributed by atoms with van der Waals surface area (Å²) in [4.78, 5) is 19.5. The van der Waals surface area contributed by atoms with Crippen molar-refractivity contribution in [3.05, 3.63) is 46.1 Å². The molecule has 3 rings (SSSR count). The van der Waals surface area contributed by atoms with Crippen LogP contribution in [-0.4, -0.2) is 36.2 Å². The number of fused-ring (bicyclic) bond motifs is 1. The van der Waals surface area contributed by atoms with E-state index >= 15 is 0 Å². The molecule has 0 saturated carbocycles. The van der Waals surface area contributed by atoms with Crippen LogP contribution in [-0.2, 0) is 30.7 Å². The number of carbonyl (C=O) groups is 1. The van der Waals surface area contributed by atoms with Crippen LogP contribution in [0.15, 0.2) is 24.4 Å². The van der Waals surface area contributed by atoms with Crippen molar-refractivity contribution in [2.75, 3.05) is 25.5 Å². The highest BCUT2D eigenvalue weighted by Gasteiger charge is 2.26. The number of thiophene rings is 1. The number of hydrogen-bond donors (Lipinski definition) is 2. The third-order valence-electron chi connectivity index (χ3n) is 4.17. The van der Waals surface area contributed by atoms with Crippen LogP contribution in [0.4, 0.5) is 9.80 Å². The van der Waals surface area contributed by atoms with E-state index in [9.17, 15) is 4.79 Å². The average Bonchev–Trinajstić information content (AvgIpc) is 2.99. The van der Waals surface area contributed by atoms with Gasteiger partial charge < -0.3 is 20.7 Å². The van der Waals surface area contributed by atoms with Gasteiger partial charge in [0, 0.05) is 48.9 Å². The molecule has 0 radical (unpaired) electrons. The summed E-state index contributed by atoms with van der Waals surface area (Å²) >= 11 is 1.68. The van der Waals surface area contributed by atoms with Gasteiger partial charge in [0.05, 0.1) is 18.2 Å². The molecule has 0 saturated heterocycles. The Labute approximate surface area is 145 Å². The Morgan fingerprint density at radius 2 is 2.38 bits per heavy atom. The summed E-state index contributed by atoms with van der Waals surface area (Å²) in [6.45, 7) is 2.13. The molecule has 24 heavy (non-hydrogen) atoms. The Hall–Kier alpha value is -2.12. The molecule has 0 atom stereocenters. The molecule has 7 heteroatoms. The summed E-state index contributed by atoms with van der Waals surface area (Å²) in [5, 5.41) is 4.30. The maximum atomic E-state index is 12.3. The van der Waals surface area contributed by atoms with E-state index in [-0.39, 0.29) is 6.09 Å². The van der Waals surface area contributed by atoms with Gasteiger partial charge in [-0.15, -0.1) is 11.3 Å². The molecular weight excluding hydrogens is 324 g/mol. The molecule has 6 nitrogen and oxygen atoms in total. The number of nitrogens with zero attached hydrogens (tertiary/aromatic N) is 2. The third kappa shape index (κ3) is 3.52. The van der Waals surface area contributed by atoms with Crippen LogP contribution in [0, 0.1) is 0 Å². The number of hydrogen-bond acceptors (Lipinski definition) is 6. The van der Waals surface area contributed by atoms with Gasteiger partial charge in [-0.25, -0.2) is 4.79 Å². The second kappa shape index (κ2) is 7.63. The third-order valence-corrected chi connectivity index (χ3v) is 5.44. The van der Waals surface area contributed by atoms with E-state index in [1.807, 2.05) is 25.2 Å². The minimum absolute atomic E-state index is 0.259. The van der Waals surface area contributed by atoms with Gasteiger partial charge in [0.25, 0.3) is 0 Å². The molecule has 1 aliphatic rings. The second-order valence-corrected chi connectivity index (χ2v) is 6.73. The van der Waals surface area contributed by atoms with E-state index < -0.39 is 0 Å². The second-order valence-electron chi connectivity index (χ2n) is 5.62. The molecule has 0 aromatic carbocycles. The maximum absolute atomic E-state index is 12.3. The molecule has 1 amide bonds. The Bertz CT molecular complexity index is 702. The van der Waals surface area contributed by atoms with Gasteiger partial charge in [-0.1, -0.05) is 6.07 Å². The SMILES string of the molecule is CNc1sc2c(c1CN)CCN(C(=O)OCCc1ccccn1)C2. The number of ether oxygens (including phenoxy) is 1. The zero-order valence-corrected chi connectivity index (χ0v) is 14.6. The van der Waals surface area contributed by atoms with Gasteiger partial charge in [0.15, 0.2) is 0 Å². The number of amides is 1. The molecular formula is C17H22N4O2S. The summed E-state index contributed by atoms with van der Waals surface area (Å²) in [5.41, 5.74) is 9.27. The number of pyridine rings is 1. The minimum Gasteiger partial charge on any atom is -0.449 e. The summed E-state index contributed by atoms with van der Waals surface area (Å²) in [5.74, 6) is 0. The van der Waals surface area contributed by atoms with Crippen molar-refractivity contribution >= 4 is 22.4 Å². The number of anilines is 1. The summed E-state index contributed by atoms with van der Waals surface area (Å²) < 4.78 is 5.40. The van der Waals surface area contributed by atoms with E-state index in [2.05, 4.69) is 10.3 Å². The number of carbonyl (C=O) groups excluding carboxylic acids is 1. The smallest absolute Gasteiger partial charge is 0.410 e. The van der Waals surface area contributed by atoms with Crippen molar-refractivity contribution in [3.8, 4) is 0 Å². The van der Waals surface area contributed by atoms with Gasteiger partial charge >= 0.3 is 6.09 Å². The normalized spacial score (nSPS) is 13.5. The van der Waals surface area contributed by atoms with Crippen LogP contribution >= 0.6 is 11.3 Å². The predicted molar refractivity (Wildman–Crippen MR) is 95.2 cm³/mol. The first-order chi connectivity index (χ1) is 11.7. The van der Waals surface area contributed by atoms with Crippen molar-refractivity contribution in [2.45, 2.75) is 25.9 Å². The molecule has 2 aromatic rings. The lowest BCUT2D eigenvalue weighted by Crippen LogP contribution is -2.36. The Balaban J connectivity index is 1.57. The molecule has 0 fully saturated rings. The highest BCUT2D eigenvalue weighted by Crippen LogP contribution is 2.36. The molecule has 2 aromatic heterocycles. The van der Waals surface area contributed by atoms with Crippen LogP contribution in [0.25, 0.3) is 0 Å². The Morgan fingerprint density at radius 1 is 1.50 bits per heavy atom. The van der Waals surface area contributed by atoms with E-state index in [1.165, 1.54) is 16.0 Å². The van der Waals surface area contributed by atoms with Crippen molar-refractivity contribution < 1.29 is 9.53 Å². The molecule has 0 bridgehead atoms. The first-order valence-corrected chi connectivity index (χ1v) is 8.87. The fraction of sp³-hybridized carbons (Fsp3) is 0.412. The van der Waals surface area contributed by atoms with E-state index in [1.54, 1.807) is 22.4 Å². The van der Waals surface area contributed by atoms with Crippen LogP contribution in [0.2, 0.25) is 0 Å². The molecule has 128 valence electrons. The average molecular weight is 346 g/mol. The first-order valence-electron chi connectivity index (χ1n) is 8.05. The number of nitrogens with two attached hydrogens (primary N) is 1. The standard InChI is InChI=1S/C17H22N4O2S/c1-19-16-14(10-18)13-5-8-21(11-15(13)24-16)17(22)23-9-6-12-4-2-3-7-20-12/h2-4,7,19H,5-6,8-11,18H2,1H3. The Morgan fingerprint density at radius 3 is 3.08 bits per heavy atom. The Kier molecular flexibility index (Phi) is 5.32. The van der Waals surface area contributed by atoms with Gasteiger partial charge in [0.2, 0.25) is 0 Å². The monoisotopic (exact) mass is 346 g/mol. The molecule has 1 aliphatic heterocycles. The maximum Gasteiger partial charge on any atom is 0.410 e. The predicted octanol–water partition coefficient (Wildman–Crippen LogP) is 2.38. The van der Waals surface area contributed by atoms with Crippen LogP contribution in [0.5, 0.6) is 0 Å². The molecule has 0 spiro atoms. The van der Waals surface area contributed by atoms with E-state index in [0.717, 1.165) is 17.1 Å². The number of rotatable bonds is 5. The molecule has 3 heterocycles. The van der Waals surface area contributed by atoms with Crippen molar-refractivity contribution in [1.82, 2.24) is 9.88 Å². The fourth-order valence-corrected chi connectivity index (χ4v) is 4.17. The zero-order chi connectivity index (χ0) is 16.9. The lowest BCUT2D eigenvalue weighted by atomic mass is 10.0. The zero-order valence-electron chi connectivity index (χ0n) is 13.7. The fourth-order valence-electron chi connectivity index (χ4n) is 2.92. The lowest BCUT2D eigenvalue weighted by molar-refractivity contribution is 0.0990. The number of aromatic nitrogens is 1. The minimum atomic E-state index is -0.259. The summed E-state index contributed by atoms with van der Waals surface area (Å²) in [6.07, 6.45) is 2.95. The molecule has 3 N–H and O–H groups in total.